The summed E-state index contributed by atoms with van der Waals surface area (Å²) in [6.07, 6.45) is -4.28. The van der Waals surface area contributed by atoms with E-state index in [1.165, 1.54) is 22.9 Å². The fourth-order valence-corrected chi connectivity index (χ4v) is 3.10. The Bertz CT molecular complexity index is 1130. The molecule has 0 aliphatic carbocycles. The summed E-state index contributed by atoms with van der Waals surface area (Å²) in [5, 5.41) is 1.67. The summed E-state index contributed by atoms with van der Waals surface area (Å²) < 4.78 is 45.8. The number of aromatic nitrogens is 2. The second-order valence-electron chi connectivity index (χ2n) is 6.18. The zero-order chi connectivity index (χ0) is 21.9. The summed E-state index contributed by atoms with van der Waals surface area (Å²) in [5.41, 5.74) is -1.36. The topological polar surface area (TPSA) is 73.2 Å². The van der Waals surface area contributed by atoms with Crippen molar-refractivity contribution in [1.29, 1.82) is 0 Å². The van der Waals surface area contributed by atoms with Crippen molar-refractivity contribution >= 4 is 23.4 Å². The van der Waals surface area contributed by atoms with Gasteiger partial charge in [-0.15, -0.1) is 0 Å². The van der Waals surface area contributed by atoms with Crippen LogP contribution in [-0.4, -0.2) is 22.8 Å². The Morgan fingerprint density at radius 2 is 1.87 bits per heavy atom. The van der Waals surface area contributed by atoms with Gasteiger partial charge in [-0.05, 0) is 17.7 Å². The number of carbonyl (C=O) groups excluding carboxylic acids is 1. The number of hydrogen-bond acceptors (Lipinski definition) is 4. The van der Waals surface area contributed by atoms with E-state index in [9.17, 15) is 22.8 Å². The molecule has 0 atom stereocenters. The zero-order valence-electron chi connectivity index (χ0n) is 15.5. The second kappa shape index (κ2) is 8.58. The van der Waals surface area contributed by atoms with Gasteiger partial charge in [0.1, 0.15) is 11.5 Å². The minimum Gasteiger partial charge on any atom is -0.453 e. The molecule has 1 aromatic heterocycles. The van der Waals surface area contributed by atoms with Crippen LogP contribution in [0.1, 0.15) is 11.1 Å². The number of ether oxygens (including phenoxy) is 1. The lowest BCUT2D eigenvalue weighted by atomic mass is 10.1. The quantitative estimate of drug-likeness (QED) is 0.635. The van der Waals surface area contributed by atoms with E-state index in [0.717, 1.165) is 18.7 Å². The number of methoxy groups -OCH3 is 1. The number of halogens is 4. The van der Waals surface area contributed by atoms with Crippen LogP contribution in [0.2, 0.25) is 5.02 Å². The van der Waals surface area contributed by atoms with Crippen molar-refractivity contribution < 1.29 is 22.7 Å². The van der Waals surface area contributed by atoms with Gasteiger partial charge in [-0.2, -0.15) is 18.2 Å². The van der Waals surface area contributed by atoms with Crippen molar-refractivity contribution in [2.24, 2.45) is 0 Å². The Balaban J connectivity index is 2.20. The van der Waals surface area contributed by atoms with Gasteiger partial charge in [0.05, 0.1) is 17.7 Å². The van der Waals surface area contributed by atoms with Crippen molar-refractivity contribution in [3.8, 4) is 11.4 Å². The van der Waals surface area contributed by atoms with Gasteiger partial charge in [-0.1, -0.05) is 48.0 Å². The maximum atomic E-state index is 13.3. The number of carbonyl (C=O) groups is 1. The molecule has 0 aliphatic rings. The molecule has 0 aliphatic heterocycles. The van der Waals surface area contributed by atoms with Gasteiger partial charge in [0.25, 0.3) is 5.56 Å². The van der Waals surface area contributed by atoms with E-state index in [1.54, 1.807) is 24.3 Å². The van der Waals surface area contributed by atoms with Crippen LogP contribution in [0.4, 0.5) is 23.7 Å². The first-order chi connectivity index (χ1) is 14.2. The molecule has 6 nitrogen and oxygen atoms in total. The van der Waals surface area contributed by atoms with E-state index >= 15 is 0 Å². The molecular formula is C20H15ClF3N3O3. The molecule has 0 saturated carbocycles. The standard InChI is InChI=1S/C20H15ClF3N3O3/c1-30-19(29)25-15-11-27(10-12-6-3-2-4-7-12)17(26-18(15)28)13-8-5-9-14(16(13)21)20(22,23)24/h2-9,11H,10H2,1H3,(H,25,29). The third kappa shape index (κ3) is 4.62. The van der Waals surface area contributed by atoms with Gasteiger partial charge >= 0.3 is 12.3 Å². The summed E-state index contributed by atoms with van der Waals surface area (Å²) in [5.74, 6) is -0.0737. The first-order valence-electron chi connectivity index (χ1n) is 8.57. The second-order valence-corrected chi connectivity index (χ2v) is 6.56. The predicted octanol–water partition coefficient (Wildman–Crippen LogP) is 4.81. The molecule has 2 aromatic carbocycles. The highest BCUT2D eigenvalue weighted by Gasteiger charge is 2.34. The number of alkyl halides is 3. The Morgan fingerprint density at radius 3 is 2.50 bits per heavy atom. The van der Waals surface area contributed by atoms with Crippen LogP contribution in [-0.2, 0) is 17.5 Å². The van der Waals surface area contributed by atoms with Crippen LogP contribution >= 0.6 is 11.6 Å². The van der Waals surface area contributed by atoms with E-state index in [4.69, 9.17) is 11.6 Å². The lowest BCUT2D eigenvalue weighted by Crippen LogP contribution is -2.23. The molecule has 0 bridgehead atoms. The van der Waals surface area contributed by atoms with Gasteiger partial charge in [0, 0.05) is 18.3 Å². The lowest BCUT2D eigenvalue weighted by Gasteiger charge is -2.17. The molecule has 30 heavy (non-hydrogen) atoms. The molecule has 1 N–H and O–H groups in total. The Labute approximate surface area is 173 Å². The van der Waals surface area contributed by atoms with Gasteiger partial charge < -0.3 is 9.30 Å². The fourth-order valence-electron chi connectivity index (χ4n) is 2.78. The average Bonchev–Trinajstić information content (AvgIpc) is 2.70. The van der Waals surface area contributed by atoms with E-state index < -0.39 is 28.4 Å². The largest absolute Gasteiger partial charge is 0.453 e. The van der Waals surface area contributed by atoms with Crippen molar-refractivity contribution in [3.05, 3.63) is 81.2 Å². The first kappa shape index (κ1) is 21.4. The molecule has 156 valence electrons. The van der Waals surface area contributed by atoms with Crippen LogP contribution < -0.4 is 10.9 Å². The van der Waals surface area contributed by atoms with Crippen LogP contribution in [0, 0.1) is 0 Å². The maximum Gasteiger partial charge on any atom is 0.417 e. The Hall–Kier alpha value is -3.33. The highest BCUT2D eigenvalue weighted by molar-refractivity contribution is 6.34. The number of anilines is 1. The van der Waals surface area contributed by atoms with Crippen molar-refractivity contribution in [3.63, 3.8) is 0 Å². The highest BCUT2D eigenvalue weighted by Crippen LogP contribution is 2.39. The lowest BCUT2D eigenvalue weighted by molar-refractivity contribution is -0.137. The smallest absolute Gasteiger partial charge is 0.417 e. The van der Waals surface area contributed by atoms with Gasteiger partial charge in [-0.25, -0.2) is 4.79 Å². The molecule has 0 saturated heterocycles. The van der Waals surface area contributed by atoms with Gasteiger partial charge in [0.2, 0.25) is 0 Å². The summed E-state index contributed by atoms with van der Waals surface area (Å²) in [6.45, 7) is 0.159. The minimum atomic E-state index is -4.68. The molecule has 0 unspecified atom stereocenters. The van der Waals surface area contributed by atoms with Crippen LogP contribution in [0.5, 0.6) is 0 Å². The predicted molar refractivity (Wildman–Crippen MR) is 106 cm³/mol. The van der Waals surface area contributed by atoms with Crippen LogP contribution in [0.3, 0.4) is 0 Å². The summed E-state index contributed by atoms with van der Waals surface area (Å²) in [6, 6.07) is 12.3. The average molecular weight is 438 g/mol. The Morgan fingerprint density at radius 1 is 1.17 bits per heavy atom. The van der Waals surface area contributed by atoms with Crippen molar-refractivity contribution in [1.82, 2.24) is 9.55 Å². The molecular weight excluding hydrogens is 423 g/mol. The van der Waals surface area contributed by atoms with Crippen LogP contribution in [0.25, 0.3) is 11.4 Å². The molecule has 3 aromatic rings. The van der Waals surface area contributed by atoms with E-state index in [1.807, 2.05) is 6.07 Å². The number of benzene rings is 2. The summed E-state index contributed by atoms with van der Waals surface area (Å²) >= 11 is 6.04. The summed E-state index contributed by atoms with van der Waals surface area (Å²) in [7, 11) is 1.13. The molecule has 3 rings (SSSR count). The number of rotatable bonds is 4. The number of hydrogen-bond donors (Lipinski definition) is 1. The number of nitrogens with zero attached hydrogens (tertiary/aromatic N) is 2. The van der Waals surface area contributed by atoms with E-state index in [-0.39, 0.29) is 23.6 Å². The van der Waals surface area contributed by atoms with E-state index in [0.29, 0.717) is 0 Å². The maximum absolute atomic E-state index is 13.3. The van der Waals surface area contributed by atoms with Crippen molar-refractivity contribution in [2.75, 3.05) is 12.4 Å². The normalized spacial score (nSPS) is 11.2. The third-order valence-electron chi connectivity index (χ3n) is 4.16. The molecule has 0 radical (unpaired) electrons. The first-order valence-corrected chi connectivity index (χ1v) is 8.95. The fraction of sp³-hybridized carbons (Fsp3) is 0.150. The molecule has 0 spiro atoms. The molecule has 10 heteroatoms. The molecule has 1 amide bonds. The van der Waals surface area contributed by atoms with Crippen molar-refractivity contribution in [2.45, 2.75) is 12.7 Å². The number of nitrogens with one attached hydrogen (secondary N) is 1. The summed E-state index contributed by atoms with van der Waals surface area (Å²) in [4.78, 5) is 27.8. The molecule has 1 heterocycles. The van der Waals surface area contributed by atoms with Gasteiger partial charge in [-0.3, -0.25) is 10.1 Å². The zero-order valence-corrected chi connectivity index (χ0v) is 16.3. The SMILES string of the molecule is COC(=O)Nc1cn(Cc2ccccc2)c(-c2cccc(C(F)(F)F)c2Cl)nc1=O. The number of amides is 1. The minimum absolute atomic E-state index is 0.0656. The Kier molecular flexibility index (Phi) is 6.12. The highest BCUT2D eigenvalue weighted by atomic mass is 35.5. The third-order valence-corrected chi connectivity index (χ3v) is 4.56. The monoisotopic (exact) mass is 437 g/mol. The van der Waals surface area contributed by atoms with E-state index in [2.05, 4.69) is 15.0 Å². The van der Waals surface area contributed by atoms with Crippen LogP contribution in [0.15, 0.2) is 59.5 Å². The molecule has 0 fully saturated rings. The van der Waals surface area contributed by atoms with Gasteiger partial charge in [0.15, 0.2) is 0 Å².